The third-order valence-corrected chi connectivity index (χ3v) is 7.42. The molecule has 1 aliphatic rings. The van der Waals surface area contributed by atoms with E-state index >= 15 is 0 Å². The molecular weight excluding hydrogens is 566 g/mol. The highest BCUT2D eigenvalue weighted by Gasteiger charge is 2.30. The molecule has 1 heterocycles. The maximum Gasteiger partial charge on any atom is 0.305 e. The van der Waals surface area contributed by atoms with Gasteiger partial charge in [-0.05, 0) is 54.2 Å². The molecule has 2 amide bonds. The van der Waals surface area contributed by atoms with E-state index in [0.29, 0.717) is 42.3 Å². The van der Waals surface area contributed by atoms with Crippen molar-refractivity contribution >= 4 is 23.6 Å². The number of hydrogen-bond acceptors (Lipinski definition) is 8. The van der Waals surface area contributed by atoms with Gasteiger partial charge in [-0.15, -0.1) is 12.8 Å². The van der Waals surface area contributed by atoms with Gasteiger partial charge in [-0.1, -0.05) is 26.0 Å². The number of aryl methyl sites for hydroxylation is 1. The molecule has 0 aromatic heterocycles. The predicted molar refractivity (Wildman–Crippen MR) is 166 cm³/mol. The fraction of sp³-hybridized carbons (Fsp3) is 0.455. The second-order valence-electron chi connectivity index (χ2n) is 10.3. The lowest BCUT2D eigenvalue weighted by molar-refractivity contribution is -0.141. The Hall–Kier alpha value is -4.56. The van der Waals surface area contributed by atoms with Crippen molar-refractivity contribution in [1.82, 2.24) is 15.5 Å². The smallest absolute Gasteiger partial charge is 0.305 e. The van der Waals surface area contributed by atoms with Gasteiger partial charge in [0.2, 0.25) is 11.8 Å². The molecule has 2 unspecified atom stereocenters. The zero-order chi connectivity index (χ0) is 32.8. The first-order chi connectivity index (χ1) is 21.1. The van der Waals surface area contributed by atoms with E-state index in [9.17, 15) is 24.3 Å². The zero-order valence-corrected chi connectivity index (χ0v) is 26.1. The first-order valence-corrected chi connectivity index (χ1v) is 14.4. The third-order valence-electron chi connectivity index (χ3n) is 7.42. The number of Topliss-reactive ketones (excluding diaryl/α,β-unsaturated/α-hetero) is 1. The number of hydrogen-bond donors (Lipinski definition) is 3. The quantitative estimate of drug-likeness (QED) is 0.260. The molecule has 11 heteroatoms. The molecule has 0 saturated carbocycles. The SMILES string of the molecule is C#C.CCc1ccc(OC)c(CC(=O)NC(CC)C(=O)NC(CC(=O)O)C(=O)CN2CCc3cc(OC)c(OC)cc3C2)c1. The fourth-order valence-electron chi connectivity index (χ4n) is 5.06. The average molecular weight is 610 g/mol. The van der Waals surface area contributed by atoms with Crippen LogP contribution < -0.4 is 24.8 Å². The lowest BCUT2D eigenvalue weighted by Gasteiger charge is -2.30. The first-order valence-electron chi connectivity index (χ1n) is 14.4. The number of carboxylic acids is 1. The number of benzene rings is 2. The summed E-state index contributed by atoms with van der Waals surface area (Å²) in [4.78, 5) is 52.8. The topological polar surface area (TPSA) is 144 Å². The van der Waals surface area contributed by atoms with Crippen molar-refractivity contribution < 1.29 is 38.5 Å². The molecule has 1 aliphatic heterocycles. The van der Waals surface area contributed by atoms with Gasteiger partial charge in [0.1, 0.15) is 11.8 Å². The molecule has 0 radical (unpaired) electrons. The zero-order valence-electron chi connectivity index (χ0n) is 26.1. The molecule has 11 nitrogen and oxygen atoms in total. The van der Waals surface area contributed by atoms with Crippen LogP contribution in [-0.2, 0) is 45.0 Å². The average Bonchev–Trinajstić information content (AvgIpc) is 3.03. The predicted octanol–water partition coefficient (Wildman–Crippen LogP) is 2.55. The molecule has 0 spiro atoms. The van der Waals surface area contributed by atoms with Crippen molar-refractivity contribution in [3.63, 3.8) is 0 Å². The summed E-state index contributed by atoms with van der Waals surface area (Å²) >= 11 is 0. The Balaban J connectivity index is 0.00000330. The number of nitrogens with one attached hydrogen (secondary N) is 2. The summed E-state index contributed by atoms with van der Waals surface area (Å²) in [5.74, 6) is -0.832. The van der Waals surface area contributed by atoms with Crippen LogP contribution in [-0.4, -0.2) is 80.1 Å². The van der Waals surface area contributed by atoms with Crippen LogP contribution in [0.15, 0.2) is 30.3 Å². The van der Waals surface area contributed by atoms with Gasteiger partial charge in [-0.25, -0.2) is 0 Å². The minimum absolute atomic E-state index is 0.00533. The van der Waals surface area contributed by atoms with Crippen molar-refractivity contribution in [3.8, 4) is 30.1 Å². The standard InChI is InChI=1S/C31H41N3O8.C2H2/c1-6-19-8-9-26(40-3)21(12-19)15-29(36)32-23(7-2)31(39)33-24(16-30(37)38)25(35)18-34-11-10-20-13-27(41-4)28(42-5)14-22(20)17-34;1-2/h8-9,12-14,23-24H,6-7,10-11,15-18H2,1-5H3,(H,32,36)(H,33,39)(H,37,38);1-2H. The van der Waals surface area contributed by atoms with E-state index < -0.39 is 36.2 Å². The van der Waals surface area contributed by atoms with E-state index in [0.717, 1.165) is 23.1 Å². The molecule has 238 valence electrons. The highest BCUT2D eigenvalue weighted by molar-refractivity contribution is 5.95. The number of carboxylic acid groups (broad SMARTS) is 1. The van der Waals surface area contributed by atoms with Gasteiger partial charge < -0.3 is 30.0 Å². The molecule has 3 N–H and O–H groups in total. The summed E-state index contributed by atoms with van der Waals surface area (Å²) in [6.45, 7) is 4.74. The minimum Gasteiger partial charge on any atom is -0.496 e. The van der Waals surface area contributed by atoms with E-state index in [-0.39, 0.29) is 25.3 Å². The number of rotatable bonds is 15. The second-order valence-corrected chi connectivity index (χ2v) is 10.3. The Morgan fingerprint density at radius 3 is 2.11 bits per heavy atom. The van der Waals surface area contributed by atoms with Crippen LogP contribution in [0.25, 0.3) is 0 Å². The van der Waals surface area contributed by atoms with Crippen LogP contribution in [0.4, 0.5) is 0 Å². The normalized spacial score (nSPS) is 13.6. The minimum atomic E-state index is -1.24. The summed E-state index contributed by atoms with van der Waals surface area (Å²) in [5, 5.41) is 14.8. The van der Waals surface area contributed by atoms with E-state index in [1.165, 1.54) is 7.11 Å². The van der Waals surface area contributed by atoms with E-state index in [1.54, 1.807) is 21.1 Å². The fourth-order valence-corrected chi connectivity index (χ4v) is 5.06. The number of amides is 2. The Labute approximate surface area is 259 Å². The van der Waals surface area contributed by atoms with Crippen LogP contribution in [0.3, 0.4) is 0 Å². The number of carbonyl (C=O) groups is 4. The molecule has 0 bridgehead atoms. The number of terminal acetylenes is 1. The molecule has 0 saturated heterocycles. The number of carbonyl (C=O) groups excluding carboxylic acids is 3. The Morgan fingerprint density at radius 1 is 0.909 bits per heavy atom. The van der Waals surface area contributed by atoms with Crippen molar-refractivity contribution in [2.45, 2.75) is 64.6 Å². The van der Waals surface area contributed by atoms with Crippen LogP contribution in [0.2, 0.25) is 0 Å². The van der Waals surface area contributed by atoms with Gasteiger partial charge in [0.15, 0.2) is 17.3 Å². The number of nitrogens with zero attached hydrogens (tertiary/aromatic N) is 1. The molecule has 2 aromatic rings. The maximum atomic E-state index is 13.3. The number of ketones is 1. The molecule has 2 aromatic carbocycles. The molecule has 3 rings (SSSR count). The monoisotopic (exact) mass is 609 g/mol. The van der Waals surface area contributed by atoms with Gasteiger partial charge in [0, 0.05) is 18.7 Å². The van der Waals surface area contributed by atoms with Crippen LogP contribution in [0.5, 0.6) is 17.2 Å². The van der Waals surface area contributed by atoms with Gasteiger partial charge in [-0.3, -0.25) is 24.1 Å². The Morgan fingerprint density at radius 2 is 1.55 bits per heavy atom. The summed E-state index contributed by atoms with van der Waals surface area (Å²) in [7, 11) is 4.66. The number of methoxy groups -OCH3 is 3. The highest BCUT2D eigenvalue weighted by atomic mass is 16.5. The molecule has 0 fully saturated rings. The molecular formula is C33H43N3O8. The summed E-state index contributed by atoms with van der Waals surface area (Å²) in [5.41, 5.74) is 3.82. The van der Waals surface area contributed by atoms with Crippen LogP contribution >= 0.6 is 0 Å². The summed E-state index contributed by atoms with van der Waals surface area (Å²) < 4.78 is 16.2. The van der Waals surface area contributed by atoms with Crippen molar-refractivity contribution in [2.24, 2.45) is 0 Å². The van der Waals surface area contributed by atoms with Crippen molar-refractivity contribution in [2.75, 3.05) is 34.4 Å². The van der Waals surface area contributed by atoms with Gasteiger partial charge in [0.25, 0.3) is 0 Å². The first kappa shape index (κ1) is 35.6. The number of aliphatic carboxylic acids is 1. The number of fused-ring (bicyclic) bond motifs is 1. The third kappa shape index (κ3) is 9.74. The Bertz CT molecular complexity index is 1340. The van der Waals surface area contributed by atoms with Crippen molar-refractivity contribution in [3.05, 3.63) is 52.6 Å². The van der Waals surface area contributed by atoms with Crippen molar-refractivity contribution in [1.29, 1.82) is 0 Å². The highest BCUT2D eigenvalue weighted by Crippen LogP contribution is 2.33. The van der Waals surface area contributed by atoms with Gasteiger partial charge in [-0.2, -0.15) is 0 Å². The Kier molecular flexibility index (Phi) is 14.2. The van der Waals surface area contributed by atoms with Crippen LogP contribution in [0, 0.1) is 12.8 Å². The summed E-state index contributed by atoms with van der Waals surface area (Å²) in [6.07, 6.45) is 9.17. The number of ether oxygens (including phenoxy) is 3. The lowest BCUT2D eigenvalue weighted by atomic mass is 9.98. The van der Waals surface area contributed by atoms with Gasteiger partial charge in [0.05, 0.1) is 46.8 Å². The van der Waals surface area contributed by atoms with E-state index in [4.69, 9.17) is 14.2 Å². The molecule has 44 heavy (non-hydrogen) atoms. The van der Waals surface area contributed by atoms with Gasteiger partial charge >= 0.3 is 5.97 Å². The van der Waals surface area contributed by atoms with E-state index in [1.807, 2.05) is 42.2 Å². The largest absolute Gasteiger partial charge is 0.496 e. The summed E-state index contributed by atoms with van der Waals surface area (Å²) in [6, 6.07) is 7.26. The van der Waals surface area contributed by atoms with E-state index in [2.05, 4.69) is 23.5 Å². The van der Waals surface area contributed by atoms with Crippen LogP contribution in [0.1, 0.15) is 48.9 Å². The second kappa shape index (κ2) is 17.5. The lowest BCUT2D eigenvalue weighted by Crippen LogP contribution is -2.53. The molecule has 2 atom stereocenters. The maximum absolute atomic E-state index is 13.3. The molecule has 0 aliphatic carbocycles.